The second-order valence-electron chi connectivity index (χ2n) is 9.88. The number of nitrogen functional groups attached to an aromatic ring is 2. The number of fused-ring (bicyclic) bond motifs is 2. The summed E-state index contributed by atoms with van der Waals surface area (Å²) in [5.74, 6) is -0.406. The molecule has 4 aromatic rings. The van der Waals surface area contributed by atoms with E-state index >= 15 is 0 Å². The van der Waals surface area contributed by atoms with E-state index in [-0.39, 0.29) is 45.4 Å². The summed E-state index contributed by atoms with van der Waals surface area (Å²) in [6, 6.07) is -1.91. The minimum atomic E-state index is -4.85. The largest absolute Gasteiger partial charge is 0.715 e. The number of hydrogen-bond donors (Lipinski definition) is 8. The molecule has 10 N–H and O–H groups in total. The van der Waals surface area contributed by atoms with E-state index in [4.69, 9.17) is 20.9 Å². The SMILES string of the molecule is C=C(COCP(=O)(O)O[P+](=O)OP(=O)(O)COCC(=C)C(CO)n1cnc2c(=O)[nH]c(N)nc21)C(CO)n1cnc2c(=O)[nH]c(N)nc21. The molecule has 0 aliphatic heterocycles. The van der Waals surface area contributed by atoms with E-state index in [0.29, 0.717) is 0 Å². The van der Waals surface area contributed by atoms with Gasteiger partial charge in [-0.05, 0) is 19.8 Å². The summed E-state index contributed by atoms with van der Waals surface area (Å²) in [6.45, 7) is 5.47. The van der Waals surface area contributed by atoms with Crippen LogP contribution in [0.1, 0.15) is 12.1 Å². The second kappa shape index (κ2) is 15.1. The number of nitrogens with one attached hydrogen (secondary N) is 2. The molecule has 4 aromatic heterocycles. The lowest BCUT2D eigenvalue weighted by atomic mass is 10.1. The standard InChI is InChI=1S/C22H29N10O13P3/c1-11(13(3-33)31-7-25-15-17(31)27-21(23)29-19(15)35)5-42-9-47(38,39)44-46(37)45-48(40,41)10-43-6-12(2)14(4-34)32-8-26-16-18(32)28-22(24)30-20(16)36/h7-8,13-14,33-34H,1-6,9-10H2,(H7-,23,24,27,28,29,30,35,36,38,39,40,41)/p+1. The third kappa shape index (κ3) is 8.73. The van der Waals surface area contributed by atoms with Gasteiger partial charge in [-0.3, -0.25) is 28.7 Å². The molecule has 0 aliphatic rings. The predicted octanol–water partition coefficient (Wildman–Crippen LogP) is -0.394. The number of anilines is 2. The Balaban J connectivity index is 1.25. The van der Waals surface area contributed by atoms with Gasteiger partial charge in [-0.1, -0.05) is 13.2 Å². The minimum absolute atomic E-state index is 0.0317. The molecule has 260 valence electrons. The average molecular weight is 735 g/mol. The number of nitrogens with two attached hydrogens (primary N) is 2. The maximum absolute atomic E-state index is 12.4. The molecule has 48 heavy (non-hydrogen) atoms. The van der Waals surface area contributed by atoms with Gasteiger partial charge in [0.05, 0.1) is 51.2 Å². The van der Waals surface area contributed by atoms with Crippen molar-refractivity contribution < 1.29 is 51.8 Å². The second-order valence-corrected chi connectivity index (χ2v) is 14.7. The summed E-state index contributed by atoms with van der Waals surface area (Å²) in [7, 11) is -13.3. The smallest absolute Gasteiger partial charge is 0.394 e. The van der Waals surface area contributed by atoms with Gasteiger partial charge >= 0.3 is 23.4 Å². The van der Waals surface area contributed by atoms with E-state index in [1.54, 1.807) is 0 Å². The van der Waals surface area contributed by atoms with Crippen molar-refractivity contribution in [3.8, 4) is 0 Å². The lowest BCUT2D eigenvalue weighted by Gasteiger charge is -2.19. The van der Waals surface area contributed by atoms with Crippen LogP contribution in [0.5, 0.6) is 0 Å². The number of aromatic nitrogens is 8. The van der Waals surface area contributed by atoms with E-state index in [1.807, 2.05) is 0 Å². The lowest BCUT2D eigenvalue weighted by molar-refractivity contribution is 0.160. The molecular weight excluding hydrogens is 705 g/mol. The summed E-state index contributed by atoms with van der Waals surface area (Å²) in [5.41, 5.74) is 10.1. The van der Waals surface area contributed by atoms with Crippen molar-refractivity contribution in [2.75, 3.05) is 50.6 Å². The van der Waals surface area contributed by atoms with Crippen molar-refractivity contribution in [2.24, 2.45) is 0 Å². The molecule has 4 unspecified atom stereocenters. The molecule has 4 atom stereocenters. The van der Waals surface area contributed by atoms with Gasteiger partial charge in [-0.15, -0.1) is 0 Å². The van der Waals surface area contributed by atoms with E-state index in [2.05, 4.69) is 51.7 Å². The first-order valence-electron chi connectivity index (χ1n) is 13.2. The molecule has 0 bridgehead atoms. The summed E-state index contributed by atoms with van der Waals surface area (Å²) in [6.07, 6.45) is 0.260. The van der Waals surface area contributed by atoms with E-state index in [1.165, 1.54) is 21.8 Å². The van der Waals surface area contributed by atoms with Crippen LogP contribution >= 0.6 is 23.4 Å². The summed E-state index contributed by atoms with van der Waals surface area (Å²) in [5, 5.41) is 19.8. The molecule has 0 saturated heterocycles. The van der Waals surface area contributed by atoms with Crippen LogP contribution < -0.4 is 22.6 Å². The fourth-order valence-electron chi connectivity index (χ4n) is 4.22. The Morgan fingerprint density at radius 1 is 0.833 bits per heavy atom. The first-order valence-corrected chi connectivity index (χ1v) is 17.9. The summed E-state index contributed by atoms with van der Waals surface area (Å²) in [4.78, 5) is 64.5. The van der Waals surface area contributed by atoms with Crippen LogP contribution in [0.25, 0.3) is 22.3 Å². The summed E-state index contributed by atoms with van der Waals surface area (Å²) < 4.78 is 58.6. The van der Waals surface area contributed by atoms with Gasteiger partial charge in [0.25, 0.3) is 11.1 Å². The molecule has 0 spiro atoms. The number of imidazole rings is 2. The van der Waals surface area contributed by atoms with Crippen molar-refractivity contribution in [2.45, 2.75) is 12.1 Å². The number of aliphatic hydroxyl groups is 2. The van der Waals surface area contributed by atoms with Gasteiger partial charge in [0.15, 0.2) is 35.0 Å². The zero-order valence-corrected chi connectivity index (χ0v) is 27.3. The molecule has 0 radical (unpaired) electrons. The van der Waals surface area contributed by atoms with E-state index in [0.717, 1.165) is 0 Å². The van der Waals surface area contributed by atoms with E-state index < -0.39 is 85.8 Å². The maximum Gasteiger partial charge on any atom is 0.715 e. The first-order chi connectivity index (χ1) is 22.6. The molecule has 26 heteroatoms. The van der Waals surface area contributed by atoms with Crippen molar-refractivity contribution >= 4 is 57.7 Å². The minimum Gasteiger partial charge on any atom is -0.394 e. The van der Waals surface area contributed by atoms with E-state index in [9.17, 15) is 43.3 Å². The number of aliphatic hydroxyl groups excluding tert-OH is 2. The van der Waals surface area contributed by atoms with Crippen LogP contribution in [0.4, 0.5) is 11.9 Å². The number of H-pyrrole nitrogens is 2. The third-order valence-electron chi connectivity index (χ3n) is 6.33. The van der Waals surface area contributed by atoms with Crippen LogP contribution in [0, 0.1) is 0 Å². The highest BCUT2D eigenvalue weighted by molar-refractivity contribution is 7.64. The van der Waals surface area contributed by atoms with Crippen molar-refractivity contribution in [1.29, 1.82) is 0 Å². The highest BCUT2D eigenvalue weighted by Crippen LogP contribution is 2.59. The number of ether oxygens (including phenoxy) is 2. The fourth-order valence-corrected chi connectivity index (χ4v) is 7.29. The van der Waals surface area contributed by atoms with Crippen molar-refractivity contribution in [1.82, 2.24) is 39.0 Å². The Morgan fingerprint density at radius 3 is 1.56 bits per heavy atom. The zero-order chi connectivity index (χ0) is 35.4. The predicted molar refractivity (Wildman–Crippen MR) is 167 cm³/mol. The molecule has 0 amide bonds. The van der Waals surface area contributed by atoms with Crippen molar-refractivity contribution in [3.05, 3.63) is 57.7 Å². The van der Waals surface area contributed by atoms with Crippen LogP contribution in [0.15, 0.2) is 46.5 Å². The molecule has 0 saturated carbocycles. The third-order valence-corrected chi connectivity index (χ3v) is 10.5. The lowest BCUT2D eigenvalue weighted by Crippen LogP contribution is -2.20. The fraction of sp³-hybridized carbons (Fsp3) is 0.364. The van der Waals surface area contributed by atoms with Crippen LogP contribution in [0.3, 0.4) is 0 Å². The Bertz CT molecular complexity index is 1930. The Hall–Kier alpha value is -3.98. The van der Waals surface area contributed by atoms with Gasteiger partial charge in [-0.2, -0.15) is 9.97 Å². The molecule has 0 aromatic carbocycles. The van der Waals surface area contributed by atoms with Gasteiger partial charge in [0.2, 0.25) is 11.9 Å². The van der Waals surface area contributed by atoms with Crippen LogP contribution in [-0.2, 0) is 31.8 Å². The van der Waals surface area contributed by atoms with Gasteiger partial charge in [0, 0.05) is 4.57 Å². The number of nitrogens with zero attached hydrogens (tertiary/aromatic N) is 6. The quantitative estimate of drug-likeness (QED) is 0.0476. The Morgan fingerprint density at radius 2 is 1.21 bits per heavy atom. The topological polar surface area (TPSA) is 348 Å². The molecule has 4 rings (SSSR count). The van der Waals surface area contributed by atoms with Gasteiger partial charge in [0.1, 0.15) is 0 Å². The Labute approximate surface area is 268 Å². The number of hydrogen-bond acceptors (Lipinski definition) is 17. The number of aromatic amines is 2. The highest BCUT2D eigenvalue weighted by atomic mass is 31.3. The summed E-state index contributed by atoms with van der Waals surface area (Å²) >= 11 is 0. The van der Waals surface area contributed by atoms with Gasteiger partial charge in [-0.25, -0.2) is 9.97 Å². The molecule has 4 heterocycles. The average Bonchev–Trinajstić information content (AvgIpc) is 3.58. The maximum atomic E-state index is 12.4. The first kappa shape index (κ1) is 36.8. The molecule has 23 nitrogen and oxygen atoms in total. The Kier molecular flexibility index (Phi) is 11.6. The molecule has 0 aliphatic carbocycles. The monoisotopic (exact) mass is 735 g/mol. The number of rotatable bonds is 18. The zero-order valence-electron chi connectivity index (χ0n) is 24.6. The highest BCUT2D eigenvalue weighted by Gasteiger charge is 2.43. The van der Waals surface area contributed by atoms with Crippen LogP contribution in [0.2, 0.25) is 0 Å². The molecule has 0 fully saturated rings. The van der Waals surface area contributed by atoms with Crippen molar-refractivity contribution in [3.63, 3.8) is 0 Å². The van der Waals surface area contributed by atoms with Crippen LogP contribution in [-0.4, -0.2) is 98.2 Å². The van der Waals surface area contributed by atoms with Gasteiger partial charge < -0.3 is 50.1 Å². The normalized spacial score (nSPS) is 16.0. The molecular formula is C22H30N10O13P3+.